The predicted octanol–water partition coefficient (Wildman–Crippen LogP) is 4.39. The molecule has 0 aliphatic heterocycles. The minimum Gasteiger partial charge on any atom is -0.497 e. The molecule has 1 aromatic carbocycles. The molecule has 3 aromatic rings. The largest absolute Gasteiger partial charge is 0.497 e. The van der Waals surface area contributed by atoms with E-state index < -0.39 is 35.7 Å². The average molecular weight is 392 g/mol. The van der Waals surface area contributed by atoms with Crippen molar-refractivity contribution in [2.75, 3.05) is 13.7 Å². The number of methoxy groups -OCH3 is 1. The van der Waals surface area contributed by atoms with E-state index in [4.69, 9.17) is 13.9 Å². The smallest absolute Gasteiger partial charge is 0.418 e. The number of oxazole rings is 1. The van der Waals surface area contributed by atoms with Crippen LogP contribution in [0.5, 0.6) is 11.8 Å². The first kappa shape index (κ1) is 18.3. The van der Waals surface area contributed by atoms with E-state index in [1.54, 1.807) is 18.2 Å². The Morgan fingerprint density at radius 1 is 1.25 bits per heavy atom. The summed E-state index contributed by atoms with van der Waals surface area (Å²) in [5.74, 6) is 0.109. The number of ether oxygens (including phenoxy) is 2. The molecule has 0 radical (unpaired) electrons. The third-order valence-electron chi connectivity index (χ3n) is 4.39. The number of carbonyl (C=O) groups excluding carboxylic acids is 1. The van der Waals surface area contributed by atoms with E-state index in [1.165, 1.54) is 13.2 Å². The molecule has 0 atom stereocenters. The van der Waals surface area contributed by atoms with Gasteiger partial charge in [-0.15, -0.1) is 0 Å². The number of rotatable bonds is 6. The van der Waals surface area contributed by atoms with Crippen molar-refractivity contribution >= 4 is 17.0 Å². The molecule has 1 aliphatic rings. The lowest BCUT2D eigenvalue weighted by Crippen LogP contribution is -2.11. The number of hydrogen-bond acceptors (Lipinski definition) is 6. The Morgan fingerprint density at radius 2 is 2.04 bits per heavy atom. The van der Waals surface area contributed by atoms with Crippen LogP contribution in [0.25, 0.3) is 11.2 Å². The molecule has 9 heteroatoms. The summed E-state index contributed by atoms with van der Waals surface area (Å²) < 4.78 is 55.6. The van der Waals surface area contributed by atoms with Crippen molar-refractivity contribution in [3.63, 3.8) is 0 Å². The Hall–Kier alpha value is -3.10. The third kappa shape index (κ3) is 3.64. The van der Waals surface area contributed by atoms with Crippen LogP contribution in [0.15, 0.2) is 34.7 Å². The van der Waals surface area contributed by atoms with Crippen molar-refractivity contribution in [2.24, 2.45) is 0 Å². The van der Waals surface area contributed by atoms with Crippen LogP contribution in [-0.2, 0) is 6.18 Å². The fraction of sp³-hybridized carbons (Fsp3) is 0.316. The number of hydrogen-bond donors (Lipinski definition) is 0. The first-order valence-electron chi connectivity index (χ1n) is 8.54. The highest BCUT2D eigenvalue weighted by Crippen LogP contribution is 2.43. The molecule has 1 saturated carbocycles. The molecule has 0 bridgehead atoms. The Labute approximate surface area is 157 Å². The summed E-state index contributed by atoms with van der Waals surface area (Å²) in [6.45, 7) is -0.448. The SMILES string of the molecule is COc1cccc(C(=O)COc2nc3c(C(F)(F)F)cc(C4CC4)nc3o2)c1. The number of aromatic nitrogens is 2. The highest BCUT2D eigenvalue weighted by atomic mass is 19.4. The van der Waals surface area contributed by atoms with Gasteiger partial charge in [0.2, 0.25) is 5.78 Å². The molecule has 0 spiro atoms. The summed E-state index contributed by atoms with van der Waals surface area (Å²) in [5, 5.41) is 0. The second-order valence-corrected chi connectivity index (χ2v) is 6.44. The van der Waals surface area contributed by atoms with Crippen LogP contribution in [0.1, 0.15) is 40.4 Å². The standard InChI is InChI=1S/C19H15F3N2O4/c1-26-12-4-2-3-11(7-12)15(25)9-27-18-24-16-13(19(20,21)22)8-14(10-5-6-10)23-17(16)28-18/h2-4,7-8,10H,5-6,9H2,1H3. The number of Topliss-reactive ketones (excluding diaryl/α,β-unsaturated/α-hetero) is 1. The van der Waals surface area contributed by atoms with Gasteiger partial charge in [-0.2, -0.15) is 18.2 Å². The number of fused-ring (bicyclic) bond motifs is 1. The Balaban J connectivity index is 1.58. The van der Waals surface area contributed by atoms with Gasteiger partial charge < -0.3 is 13.9 Å². The summed E-state index contributed by atoms with van der Waals surface area (Å²) in [4.78, 5) is 20.1. The fourth-order valence-corrected chi connectivity index (χ4v) is 2.78. The first-order chi connectivity index (χ1) is 13.3. The molecule has 2 heterocycles. The number of ketones is 1. The maximum absolute atomic E-state index is 13.4. The van der Waals surface area contributed by atoms with Gasteiger partial charge in [0.25, 0.3) is 5.71 Å². The van der Waals surface area contributed by atoms with Gasteiger partial charge in [-0.25, -0.2) is 4.98 Å². The monoisotopic (exact) mass is 392 g/mol. The zero-order chi connectivity index (χ0) is 19.9. The number of alkyl halides is 3. The Kier molecular flexibility index (Phi) is 4.44. The fourth-order valence-electron chi connectivity index (χ4n) is 2.78. The number of carbonyl (C=O) groups is 1. The van der Waals surface area contributed by atoms with Crippen LogP contribution in [0, 0.1) is 0 Å². The summed E-state index contributed by atoms with van der Waals surface area (Å²) >= 11 is 0. The van der Waals surface area contributed by atoms with Crippen molar-refractivity contribution in [1.29, 1.82) is 0 Å². The molecule has 0 amide bonds. The number of nitrogens with zero attached hydrogens (tertiary/aromatic N) is 2. The molecular weight excluding hydrogens is 377 g/mol. The van der Waals surface area contributed by atoms with Crippen LogP contribution in [0.4, 0.5) is 13.2 Å². The van der Waals surface area contributed by atoms with Crippen molar-refractivity contribution < 1.29 is 31.9 Å². The second-order valence-electron chi connectivity index (χ2n) is 6.44. The molecule has 0 saturated heterocycles. The summed E-state index contributed by atoms with van der Waals surface area (Å²) in [6, 6.07) is 7.44. The van der Waals surface area contributed by atoms with Crippen LogP contribution in [-0.4, -0.2) is 29.5 Å². The molecule has 0 unspecified atom stereocenters. The van der Waals surface area contributed by atoms with Gasteiger partial charge in [0.1, 0.15) is 11.3 Å². The zero-order valence-corrected chi connectivity index (χ0v) is 14.7. The van der Waals surface area contributed by atoms with Crippen LogP contribution in [0.2, 0.25) is 0 Å². The van der Waals surface area contributed by atoms with Crippen LogP contribution >= 0.6 is 0 Å². The van der Waals surface area contributed by atoms with Crippen molar-refractivity contribution in [1.82, 2.24) is 9.97 Å². The van der Waals surface area contributed by atoms with Crippen molar-refractivity contribution in [3.8, 4) is 11.8 Å². The van der Waals surface area contributed by atoms with Gasteiger partial charge in [0.15, 0.2) is 6.61 Å². The van der Waals surface area contributed by atoms with E-state index in [2.05, 4.69) is 9.97 Å². The van der Waals surface area contributed by atoms with Gasteiger partial charge in [-0.05, 0) is 31.0 Å². The van der Waals surface area contributed by atoms with Gasteiger partial charge >= 0.3 is 12.3 Å². The maximum Gasteiger partial charge on any atom is 0.418 e. The summed E-state index contributed by atoms with van der Waals surface area (Å²) in [7, 11) is 1.47. The van der Waals surface area contributed by atoms with Gasteiger partial charge in [-0.1, -0.05) is 12.1 Å². The quantitative estimate of drug-likeness (QED) is 0.580. The predicted molar refractivity (Wildman–Crippen MR) is 91.6 cm³/mol. The van der Waals surface area contributed by atoms with E-state index in [9.17, 15) is 18.0 Å². The molecule has 2 aromatic heterocycles. The highest BCUT2D eigenvalue weighted by molar-refractivity contribution is 5.97. The minimum atomic E-state index is -4.60. The van der Waals surface area contributed by atoms with E-state index in [-0.39, 0.29) is 11.6 Å². The Bertz CT molecular complexity index is 1040. The first-order valence-corrected chi connectivity index (χ1v) is 8.54. The number of benzene rings is 1. The van der Waals surface area contributed by atoms with Crippen molar-refractivity contribution in [2.45, 2.75) is 24.9 Å². The molecule has 146 valence electrons. The molecule has 4 rings (SSSR count). The second kappa shape index (κ2) is 6.81. The van der Waals surface area contributed by atoms with Crippen LogP contribution < -0.4 is 9.47 Å². The molecule has 6 nitrogen and oxygen atoms in total. The zero-order valence-electron chi connectivity index (χ0n) is 14.7. The summed E-state index contributed by atoms with van der Waals surface area (Å²) in [5.41, 5.74) is -0.936. The maximum atomic E-state index is 13.4. The number of pyridine rings is 1. The summed E-state index contributed by atoms with van der Waals surface area (Å²) in [6.07, 6.45) is -3.45. The molecular formula is C19H15F3N2O4. The lowest BCUT2D eigenvalue weighted by atomic mass is 10.1. The lowest BCUT2D eigenvalue weighted by molar-refractivity contribution is -0.136. The van der Waals surface area contributed by atoms with Crippen molar-refractivity contribution in [3.05, 3.63) is 47.2 Å². The van der Waals surface area contributed by atoms with Gasteiger partial charge in [0.05, 0.1) is 12.7 Å². The topological polar surface area (TPSA) is 74.5 Å². The molecule has 28 heavy (non-hydrogen) atoms. The highest BCUT2D eigenvalue weighted by Gasteiger charge is 2.38. The number of halogens is 3. The van der Waals surface area contributed by atoms with E-state index in [0.717, 1.165) is 18.9 Å². The Morgan fingerprint density at radius 3 is 2.71 bits per heavy atom. The molecule has 1 fully saturated rings. The minimum absolute atomic E-state index is 0.00890. The van der Waals surface area contributed by atoms with E-state index in [0.29, 0.717) is 17.0 Å². The van der Waals surface area contributed by atoms with E-state index >= 15 is 0 Å². The lowest BCUT2D eigenvalue weighted by Gasteiger charge is -2.07. The molecule has 1 aliphatic carbocycles. The van der Waals surface area contributed by atoms with Crippen LogP contribution in [0.3, 0.4) is 0 Å². The molecule has 0 N–H and O–H groups in total. The normalized spacial score (nSPS) is 14.3. The average Bonchev–Trinajstić information content (AvgIpc) is 3.44. The van der Waals surface area contributed by atoms with Gasteiger partial charge in [0, 0.05) is 17.2 Å². The third-order valence-corrected chi connectivity index (χ3v) is 4.39. The van der Waals surface area contributed by atoms with E-state index in [1.807, 2.05) is 0 Å². The van der Waals surface area contributed by atoms with Gasteiger partial charge in [-0.3, -0.25) is 4.79 Å².